The molecule has 4 nitrogen and oxygen atoms in total. The zero-order chi connectivity index (χ0) is 13.3. The third-order valence-corrected chi connectivity index (χ3v) is 3.38. The van der Waals surface area contributed by atoms with Gasteiger partial charge in [0.15, 0.2) is 0 Å². The molecule has 0 unspecified atom stereocenters. The molecule has 1 aromatic rings. The average molecular weight is 308 g/mol. The second-order valence-electron chi connectivity index (χ2n) is 4.92. The van der Waals surface area contributed by atoms with Crippen molar-refractivity contribution >= 4 is 21.8 Å². The number of carbonyl (C=O) groups excluding carboxylic acids is 1. The van der Waals surface area contributed by atoms with Crippen LogP contribution in [0.25, 0.3) is 0 Å². The van der Waals surface area contributed by atoms with Crippen molar-refractivity contribution in [3.05, 3.63) is 28.5 Å². The van der Waals surface area contributed by atoms with Gasteiger partial charge >= 0.3 is 0 Å². The number of nitrogens with zero attached hydrogens (tertiary/aromatic N) is 3. The van der Waals surface area contributed by atoms with Crippen molar-refractivity contribution in [3.8, 4) is 6.07 Å². The Hall–Kier alpha value is -1.41. The van der Waals surface area contributed by atoms with Gasteiger partial charge in [-0.05, 0) is 54.8 Å². The summed E-state index contributed by atoms with van der Waals surface area (Å²) in [5, 5.41) is 9.22. The zero-order valence-corrected chi connectivity index (χ0v) is 11.9. The third kappa shape index (κ3) is 2.54. The maximum Gasteiger partial charge on any atom is 0.274 e. The van der Waals surface area contributed by atoms with Gasteiger partial charge in [-0.2, -0.15) is 5.26 Å². The molecule has 0 N–H and O–H groups in total. The van der Waals surface area contributed by atoms with Gasteiger partial charge in [0.2, 0.25) is 0 Å². The van der Waals surface area contributed by atoms with Crippen LogP contribution in [0, 0.1) is 11.3 Å². The summed E-state index contributed by atoms with van der Waals surface area (Å²) < 4.78 is 0.624. The molecule has 0 atom stereocenters. The minimum atomic E-state index is -0.803. The highest BCUT2D eigenvalue weighted by molar-refractivity contribution is 9.10. The van der Waals surface area contributed by atoms with Gasteiger partial charge in [0.05, 0.1) is 6.07 Å². The van der Waals surface area contributed by atoms with Crippen molar-refractivity contribution in [1.29, 1.82) is 5.26 Å². The molecule has 1 amide bonds. The molecule has 1 aliphatic rings. The maximum atomic E-state index is 12.5. The van der Waals surface area contributed by atoms with Crippen LogP contribution >= 0.6 is 15.9 Å². The van der Waals surface area contributed by atoms with Crippen molar-refractivity contribution in [2.75, 3.05) is 0 Å². The molecular weight excluding hydrogens is 294 g/mol. The fourth-order valence-electron chi connectivity index (χ4n) is 1.91. The molecule has 1 saturated carbocycles. The van der Waals surface area contributed by atoms with E-state index in [1.54, 1.807) is 36.9 Å². The Morgan fingerprint density at radius 1 is 1.56 bits per heavy atom. The highest BCUT2D eigenvalue weighted by atomic mass is 79.9. The monoisotopic (exact) mass is 307 g/mol. The van der Waals surface area contributed by atoms with E-state index in [9.17, 15) is 10.1 Å². The Kier molecular flexibility index (Phi) is 3.40. The highest BCUT2D eigenvalue weighted by Crippen LogP contribution is 2.33. The standard InChI is InChI=1S/C13H14BrN3O/c1-13(2,8-15)17(9-6-7-9)12(18)10-4-3-5-11(14)16-10/h3-5,9H,6-7H2,1-2H3. The zero-order valence-electron chi connectivity index (χ0n) is 10.4. The van der Waals surface area contributed by atoms with Gasteiger partial charge in [-0.25, -0.2) is 4.98 Å². The van der Waals surface area contributed by atoms with E-state index in [1.165, 1.54) is 0 Å². The quantitative estimate of drug-likeness (QED) is 0.807. The molecule has 1 heterocycles. The van der Waals surface area contributed by atoms with Gasteiger partial charge in [0.1, 0.15) is 15.8 Å². The molecule has 5 heteroatoms. The first-order chi connectivity index (χ1) is 8.45. The summed E-state index contributed by atoms with van der Waals surface area (Å²) in [7, 11) is 0. The van der Waals surface area contributed by atoms with Crippen molar-refractivity contribution in [1.82, 2.24) is 9.88 Å². The molecule has 1 aromatic heterocycles. The van der Waals surface area contributed by atoms with E-state index in [4.69, 9.17) is 0 Å². The van der Waals surface area contributed by atoms with E-state index in [0.717, 1.165) is 12.8 Å². The van der Waals surface area contributed by atoms with Crippen LogP contribution in [0.15, 0.2) is 22.8 Å². The topological polar surface area (TPSA) is 57.0 Å². The van der Waals surface area contributed by atoms with Gasteiger partial charge in [0.25, 0.3) is 5.91 Å². The minimum Gasteiger partial charge on any atom is -0.316 e. The van der Waals surface area contributed by atoms with Gasteiger partial charge in [-0.1, -0.05) is 6.07 Å². The van der Waals surface area contributed by atoms with Crippen LogP contribution in [0.1, 0.15) is 37.2 Å². The summed E-state index contributed by atoms with van der Waals surface area (Å²) in [4.78, 5) is 18.3. The molecule has 0 bridgehead atoms. The first-order valence-electron chi connectivity index (χ1n) is 5.83. The summed E-state index contributed by atoms with van der Waals surface area (Å²) in [5.74, 6) is -0.176. The third-order valence-electron chi connectivity index (χ3n) is 2.94. The number of rotatable bonds is 3. The normalized spacial score (nSPS) is 15.0. The smallest absolute Gasteiger partial charge is 0.274 e. The molecule has 2 rings (SSSR count). The van der Waals surface area contributed by atoms with E-state index >= 15 is 0 Å². The summed E-state index contributed by atoms with van der Waals surface area (Å²) in [6.07, 6.45) is 1.93. The highest BCUT2D eigenvalue weighted by Gasteiger charge is 2.42. The first kappa shape index (κ1) is 13.0. The molecule has 1 aliphatic carbocycles. The van der Waals surface area contributed by atoms with Crippen molar-refractivity contribution < 1.29 is 4.79 Å². The lowest BCUT2D eigenvalue weighted by molar-refractivity contribution is 0.0608. The molecule has 94 valence electrons. The lowest BCUT2D eigenvalue weighted by atomic mass is 10.0. The summed E-state index contributed by atoms with van der Waals surface area (Å²) in [5.41, 5.74) is -0.429. The predicted octanol–water partition coefficient (Wildman–Crippen LogP) is 2.75. The molecule has 0 radical (unpaired) electrons. The summed E-state index contributed by atoms with van der Waals surface area (Å²) in [6.45, 7) is 3.53. The van der Waals surface area contributed by atoms with Crippen LogP contribution in [-0.2, 0) is 0 Å². The van der Waals surface area contributed by atoms with Crippen LogP contribution in [0.5, 0.6) is 0 Å². The second-order valence-corrected chi connectivity index (χ2v) is 5.74. The van der Waals surface area contributed by atoms with E-state index in [2.05, 4.69) is 27.0 Å². The molecule has 0 aromatic carbocycles. The van der Waals surface area contributed by atoms with Crippen LogP contribution in [0.3, 0.4) is 0 Å². The number of halogens is 1. The van der Waals surface area contributed by atoms with E-state index < -0.39 is 5.54 Å². The van der Waals surface area contributed by atoms with Crippen LogP contribution in [-0.4, -0.2) is 27.4 Å². The van der Waals surface area contributed by atoms with E-state index in [1.807, 2.05) is 0 Å². The van der Waals surface area contributed by atoms with Crippen LogP contribution < -0.4 is 0 Å². The number of hydrogen-bond donors (Lipinski definition) is 0. The van der Waals surface area contributed by atoms with Gasteiger partial charge in [-0.15, -0.1) is 0 Å². The molecule has 18 heavy (non-hydrogen) atoms. The lowest BCUT2D eigenvalue weighted by Crippen LogP contribution is -2.48. The van der Waals surface area contributed by atoms with Crippen LogP contribution in [0.2, 0.25) is 0 Å². The Morgan fingerprint density at radius 3 is 2.72 bits per heavy atom. The lowest BCUT2D eigenvalue weighted by Gasteiger charge is -2.33. The van der Waals surface area contributed by atoms with E-state index in [0.29, 0.717) is 10.3 Å². The van der Waals surface area contributed by atoms with Crippen LogP contribution in [0.4, 0.5) is 0 Å². The number of pyridine rings is 1. The summed E-state index contributed by atoms with van der Waals surface area (Å²) in [6, 6.07) is 7.59. The Morgan fingerprint density at radius 2 is 2.22 bits per heavy atom. The van der Waals surface area contributed by atoms with Gasteiger partial charge in [-0.3, -0.25) is 4.79 Å². The fraction of sp³-hybridized carbons (Fsp3) is 0.462. The minimum absolute atomic E-state index is 0.174. The molecule has 0 saturated heterocycles. The number of carbonyl (C=O) groups is 1. The summed E-state index contributed by atoms with van der Waals surface area (Å²) >= 11 is 3.25. The van der Waals surface area contributed by atoms with Gasteiger partial charge < -0.3 is 4.90 Å². The SMILES string of the molecule is CC(C)(C#N)N(C(=O)c1cccc(Br)n1)C1CC1. The van der Waals surface area contributed by atoms with Crippen molar-refractivity contribution in [2.45, 2.75) is 38.3 Å². The Bertz CT molecular complexity index is 517. The molecule has 1 fully saturated rings. The van der Waals surface area contributed by atoms with Gasteiger partial charge in [0, 0.05) is 6.04 Å². The van der Waals surface area contributed by atoms with Crippen molar-refractivity contribution in [3.63, 3.8) is 0 Å². The number of hydrogen-bond acceptors (Lipinski definition) is 3. The Balaban J connectivity index is 2.33. The first-order valence-corrected chi connectivity index (χ1v) is 6.62. The number of aromatic nitrogens is 1. The predicted molar refractivity (Wildman–Crippen MR) is 70.8 cm³/mol. The molecular formula is C13H14BrN3O. The molecule has 0 spiro atoms. The fourth-order valence-corrected chi connectivity index (χ4v) is 2.26. The van der Waals surface area contributed by atoms with Crippen molar-refractivity contribution in [2.24, 2.45) is 0 Å². The van der Waals surface area contributed by atoms with E-state index in [-0.39, 0.29) is 11.9 Å². The number of nitriles is 1. The maximum absolute atomic E-state index is 12.5. The Labute approximate surface area is 115 Å². The second kappa shape index (κ2) is 4.69. The molecule has 0 aliphatic heterocycles. The number of amides is 1. The average Bonchev–Trinajstić information content (AvgIpc) is 3.13. The largest absolute Gasteiger partial charge is 0.316 e.